The maximum Gasteiger partial charge on any atom is 0.164 e. The molecule has 3 heteroatoms. The van der Waals surface area contributed by atoms with Crippen LogP contribution >= 0.6 is 27.3 Å². The van der Waals surface area contributed by atoms with Crippen molar-refractivity contribution in [2.75, 3.05) is 0 Å². The average Bonchev–Trinajstić information content (AvgIpc) is 2.47. The van der Waals surface area contributed by atoms with Gasteiger partial charge in [0.2, 0.25) is 0 Å². The van der Waals surface area contributed by atoms with Gasteiger partial charge in [0, 0.05) is 27.2 Å². The number of carbonyl (C=O) groups excluding carboxylic acids is 1. The maximum absolute atomic E-state index is 11.6. The second-order valence-electron chi connectivity index (χ2n) is 3.49. The molecule has 1 rings (SSSR count). The van der Waals surface area contributed by atoms with Gasteiger partial charge >= 0.3 is 0 Å². The van der Waals surface area contributed by atoms with Gasteiger partial charge in [-0.1, -0.05) is 13.8 Å². The van der Waals surface area contributed by atoms with Crippen molar-refractivity contribution in [1.29, 1.82) is 0 Å². The van der Waals surface area contributed by atoms with Crippen LogP contribution in [-0.4, -0.2) is 5.78 Å². The van der Waals surface area contributed by atoms with Crippen LogP contribution in [0.5, 0.6) is 0 Å². The van der Waals surface area contributed by atoms with Gasteiger partial charge in [-0.3, -0.25) is 4.79 Å². The third-order valence-corrected chi connectivity index (χ3v) is 3.57. The molecule has 13 heavy (non-hydrogen) atoms. The summed E-state index contributed by atoms with van der Waals surface area (Å²) < 4.78 is 0.936. The molecule has 0 saturated carbocycles. The number of carbonyl (C=O) groups is 1. The standard InChI is InChI=1S/C10H13BrOS/c1-7(2)3-4-10(12)8-5-13-6-9(8)11/h5-7H,3-4H2,1-2H3. The molecule has 0 aliphatic rings. The molecule has 0 amide bonds. The fourth-order valence-electron chi connectivity index (χ4n) is 1.03. The van der Waals surface area contributed by atoms with Crippen LogP contribution in [0.15, 0.2) is 15.2 Å². The van der Waals surface area contributed by atoms with Gasteiger partial charge in [-0.15, -0.1) is 0 Å². The highest BCUT2D eigenvalue weighted by atomic mass is 79.9. The van der Waals surface area contributed by atoms with E-state index < -0.39 is 0 Å². The minimum Gasteiger partial charge on any atom is -0.294 e. The SMILES string of the molecule is CC(C)CCC(=O)c1cscc1Br. The number of rotatable bonds is 4. The summed E-state index contributed by atoms with van der Waals surface area (Å²) in [5.74, 6) is 0.850. The minimum absolute atomic E-state index is 0.252. The third-order valence-electron chi connectivity index (χ3n) is 1.86. The largest absolute Gasteiger partial charge is 0.294 e. The molecule has 0 bridgehead atoms. The number of halogens is 1. The first-order valence-electron chi connectivity index (χ1n) is 4.36. The van der Waals surface area contributed by atoms with E-state index in [1.807, 2.05) is 10.8 Å². The first-order valence-corrected chi connectivity index (χ1v) is 6.09. The van der Waals surface area contributed by atoms with E-state index in [2.05, 4.69) is 29.8 Å². The summed E-state index contributed by atoms with van der Waals surface area (Å²) >= 11 is 4.92. The van der Waals surface area contributed by atoms with E-state index in [1.165, 1.54) is 0 Å². The van der Waals surface area contributed by atoms with Gasteiger partial charge in [0.15, 0.2) is 5.78 Å². The second kappa shape index (κ2) is 4.91. The van der Waals surface area contributed by atoms with Gasteiger partial charge < -0.3 is 0 Å². The molecule has 0 atom stereocenters. The fourth-order valence-corrected chi connectivity index (χ4v) is 2.55. The Labute approximate surface area is 91.3 Å². The van der Waals surface area contributed by atoms with Crippen molar-refractivity contribution in [2.24, 2.45) is 5.92 Å². The number of Topliss-reactive ketones (excluding diaryl/α,β-unsaturated/α-hetero) is 1. The molecule has 1 heterocycles. The molecule has 72 valence electrons. The van der Waals surface area contributed by atoms with Crippen molar-refractivity contribution in [3.8, 4) is 0 Å². The van der Waals surface area contributed by atoms with Crippen LogP contribution in [0.1, 0.15) is 37.0 Å². The smallest absolute Gasteiger partial charge is 0.164 e. The lowest BCUT2D eigenvalue weighted by Crippen LogP contribution is -2.00. The lowest BCUT2D eigenvalue weighted by molar-refractivity contribution is 0.0975. The van der Waals surface area contributed by atoms with E-state index in [9.17, 15) is 4.79 Å². The molecule has 0 spiro atoms. The van der Waals surface area contributed by atoms with E-state index in [0.29, 0.717) is 12.3 Å². The van der Waals surface area contributed by atoms with Gasteiger partial charge in [0.1, 0.15) is 0 Å². The molecule has 1 aromatic heterocycles. The van der Waals surface area contributed by atoms with Crippen LogP contribution in [-0.2, 0) is 0 Å². The summed E-state index contributed by atoms with van der Waals surface area (Å²) in [6.45, 7) is 4.27. The van der Waals surface area contributed by atoms with Crippen molar-refractivity contribution in [3.63, 3.8) is 0 Å². The lowest BCUT2D eigenvalue weighted by Gasteiger charge is -2.02. The number of hydrogen-bond acceptors (Lipinski definition) is 2. The number of hydrogen-bond donors (Lipinski definition) is 0. The summed E-state index contributed by atoms with van der Waals surface area (Å²) in [6, 6.07) is 0. The van der Waals surface area contributed by atoms with Crippen molar-refractivity contribution in [3.05, 3.63) is 20.8 Å². The summed E-state index contributed by atoms with van der Waals surface area (Å²) in [7, 11) is 0. The highest BCUT2D eigenvalue weighted by Crippen LogP contribution is 2.23. The van der Waals surface area contributed by atoms with Gasteiger partial charge in [0.25, 0.3) is 0 Å². The van der Waals surface area contributed by atoms with Crippen LogP contribution in [0.25, 0.3) is 0 Å². The van der Waals surface area contributed by atoms with E-state index in [0.717, 1.165) is 16.5 Å². The zero-order chi connectivity index (χ0) is 9.84. The Morgan fingerprint density at radius 2 is 2.23 bits per heavy atom. The second-order valence-corrected chi connectivity index (χ2v) is 5.09. The Morgan fingerprint density at radius 1 is 1.54 bits per heavy atom. The van der Waals surface area contributed by atoms with Crippen molar-refractivity contribution in [1.82, 2.24) is 0 Å². The summed E-state index contributed by atoms with van der Waals surface area (Å²) in [4.78, 5) is 11.6. The molecule has 0 aromatic carbocycles. The Kier molecular flexibility index (Phi) is 4.13. The van der Waals surface area contributed by atoms with Gasteiger partial charge in [-0.25, -0.2) is 0 Å². The molecular weight excluding hydrogens is 248 g/mol. The van der Waals surface area contributed by atoms with Crippen LogP contribution in [0.2, 0.25) is 0 Å². The molecule has 0 radical (unpaired) electrons. The molecule has 0 aliphatic heterocycles. The quantitative estimate of drug-likeness (QED) is 0.745. The van der Waals surface area contributed by atoms with Crippen LogP contribution in [0.3, 0.4) is 0 Å². The first-order chi connectivity index (χ1) is 6.11. The zero-order valence-electron chi connectivity index (χ0n) is 7.84. The molecule has 0 fully saturated rings. The highest BCUT2D eigenvalue weighted by Gasteiger charge is 2.10. The van der Waals surface area contributed by atoms with E-state index in [1.54, 1.807) is 11.3 Å². The van der Waals surface area contributed by atoms with Crippen LogP contribution < -0.4 is 0 Å². The topological polar surface area (TPSA) is 17.1 Å². The molecular formula is C10H13BrOS. The molecule has 0 saturated heterocycles. The number of ketones is 1. The Hall–Kier alpha value is -0.150. The van der Waals surface area contributed by atoms with Crippen molar-refractivity contribution >= 4 is 33.0 Å². The predicted molar refractivity (Wildman–Crippen MR) is 60.4 cm³/mol. The monoisotopic (exact) mass is 260 g/mol. The van der Waals surface area contributed by atoms with E-state index in [-0.39, 0.29) is 5.78 Å². The summed E-state index contributed by atoms with van der Waals surface area (Å²) in [5, 5.41) is 3.86. The third kappa shape index (κ3) is 3.24. The van der Waals surface area contributed by atoms with Gasteiger partial charge in [0.05, 0.1) is 0 Å². The minimum atomic E-state index is 0.252. The van der Waals surface area contributed by atoms with E-state index in [4.69, 9.17) is 0 Å². The van der Waals surface area contributed by atoms with E-state index >= 15 is 0 Å². The van der Waals surface area contributed by atoms with Crippen LogP contribution in [0, 0.1) is 5.92 Å². The summed E-state index contributed by atoms with van der Waals surface area (Å²) in [5.41, 5.74) is 0.839. The molecule has 0 unspecified atom stereocenters. The molecule has 0 aliphatic carbocycles. The van der Waals surface area contributed by atoms with Gasteiger partial charge in [-0.2, -0.15) is 11.3 Å². The Balaban J connectivity index is 2.54. The molecule has 1 nitrogen and oxygen atoms in total. The molecule has 0 N–H and O–H groups in total. The molecule has 1 aromatic rings. The van der Waals surface area contributed by atoms with Crippen LogP contribution in [0.4, 0.5) is 0 Å². The number of thiophene rings is 1. The Morgan fingerprint density at radius 3 is 2.69 bits per heavy atom. The maximum atomic E-state index is 11.6. The summed E-state index contributed by atoms with van der Waals surface area (Å²) in [6.07, 6.45) is 1.63. The normalized spacial score (nSPS) is 10.8. The van der Waals surface area contributed by atoms with Crippen molar-refractivity contribution < 1.29 is 4.79 Å². The van der Waals surface area contributed by atoms with Gasteiger partial charge in [-0.05, 0) is 28.3 Å². The van der Waals surface area contributed by atoms with Crippen molar-refractivity contribution in [2.45, 2.75) is 26.7 Å². The first kappa shape index (κ1) is 10.9. The lowest BCUT2D eigenvalue weighted by atomic mass is 10.0. The fraction of sp³-hybridized carbons (Fsp3) is 0.500. The average molecular weight is 261 g/mol. The predicted octanol–water partition coefficient (Wildman–Crippen LogP) is 4.13. The zero-order valence-corrected chi connectivity index (χ0v) is 10.2. The Bertz CT molecular complexity index is 291. The highest BCUT2D eigenvalue weighted by molar-refractivity contribution is 9.10.